The van der Waals surface area contributed by atoms with E-state index in [1.54, 1.807) is 0 Å². The van der Waals surface area contributed by atoms with Crippen LogP contribution in [0.2, 0.25) is 0 Å². The first-order chi connectivity index (χ1) is 10.4. The van der Waals surface area contributed by atoms with Gasteiger partial charge < -0.3 is 10.1 Å². The maximum atomic E-state index is 12.0. The number of hydrogen-bond acceptors (Lipinski definition) is 3. The van der Waals surface area contributed by atoms with Crippen molar-refractivity contribution in [1.82, 2.24) is 10.2 Å². The first kappa shape index (κ1) is 16.3. The van der Waals surface area contributed by atoms with E-state index in [0.29, 0.717) is 18.9 Å². The van der Waals surface area contributed by atoms with E-state index in [-0.39, 0.29) is 24.5 Å². The molecule has 22 heavy (non-hydrogen) atoms. The molecule has 1 atom stereocenters. The minimum Gasteiger partial charge on any atom is -0.492 e. The van der Waals surface area contributed by atoms with Gasteiger partial charge in [-0.3, -0.25) is 9.69 Å². The zero-order valence-corrected chi connectivity index (χ0v) is 13.7. The van der Waals surface area contributed by atoms with Gasteiger partial charge in [0.2, 0.25) is 0 Å². The molecule has 1 saturated heterocycles. The highest BCUT2D eigenvalue weighted by molar-refractivity contribution is 6.04. The Kier molecular flexibility index (Phi) is 5.06. The van der Waals surface area contributed by atoms with Crippen LogP contribution >= 0.6 is 0 Å². The maximum Gasteiger partial charge on any atom is 0.324 e. The van der Waals surface area contributed by atoms with Gasteiger partial charge in [0.1, 0.15) is 18.4 Å². The summed E-state index contributed by atoms with van der Waals surface area (Å²) in [5.41, 5.74) is 2.49. The van der Waals surface area contributed by atoms with Crippen molar-refractivity contribution in [3.05, 3.63) is 29.3 Å². The minimum atomic E-state index is -0.389. The van der Waals surface area contributed by atoms with Gasteiger partial charge in [0.05, 0.1) is 6.54 Å². The van der Waals surface area contributed by atoms with Gasteiger partial charge in [0, 0.05) is 0 Å². The Balaban J connectivity index is 1.90. The fourth-order valence-corrected chi connectivity index (χ4v) is 2.71. The molecule has 2 rings (SSSR count). The number of nitrogens with one attached hydrogen (secondary N) is 1. The van der Waals surface area contributed by atoms with Crippen molar-refractivity contribution in [2.75, 3.05) is 13.2 Å². The lowest BCUT2D eigenvalue weighted by Crippen LogP contribution is -2.35. The largest absolute Gasteiger partial charge is 0.492 e. The number of aryl methyl sites for hydroxylation is 1. The number of benzene rings is 1. The van der Waals surface area contributed by atoms with Gasteiger partial charge in [-0.15, -0.1) is 0 Å². The predicted octanol–water partition coefficient (Wildman–Crippen LogP) is 2.83. The van der Waals surface area contributed by atoms with Crippen LogP contribution in [0.15, 0.2) is 18.2 Å². The quantitative estimate of drug-likeness (QED) is 0.822. The Morgan fingerprint density at radius 1 is 1.32 bits per heavy atom. The second-order valence-electron chi connectivity index (χ2n) is 5.92. The average molecular weight is 304 g/mol. The monoisotopic (exact) mass is 304 g/mol. The molecule has 5 nitrogen and oxygen atoms in total. The molecule has 5 heteroatoms. The number of nitrogens with zero attached hydrogens (tertiary/aromatic N) is 1. The molecular formula is C17H24N2O3. The van der Waals surface area contributed by atoms with Crippen molar-refractivity contribution in [3.8, 4) is 5.75 Å². The number of imide groups is 1. The molecule has 0 unspecified atom stereocenters. The summed E-state index contributed by atoms with van der Waals surface area (Å²) < 4.78 is 5.68. The van der Waals surface area contributed by atoms with Crippen LogP contribution in [-0.2, 0) is 4.79 Å². The molecule has 0 spiro atoms. The van der Waals surface area contributed by atoms with Crippen LogP contribution in [0.25, 0.3) is 0 Å². The summed E-state index contributed by atoms with van der Waals surface area (Å²) >= 11 is 0. The minimum absolute atomic E-state index is 0.164. The topological polar surface area (TPSA) is 58.6 Å². The zero-order chi connectivity index (χ0) is 16.3. The molecule has 1 aliphatic heterocycles. The molecule has 1 aliphatic rings. The van der Waals surface area contributed by atoms with Gasteiger partial charge in [0.15, 0.2) is 0 Å². The number of urea groups is 1. The first-order valence-electron chi connectivity index (χ1n) is 7.79. The summed E-state index contributed by atoms with van der Waals surface area (Å²) in [5, 5.41) is 2.66. The SMILES string of the molecule is CC[C@@H]1NC(=O)N(CCOc2ccc(C(C)C)c(C)c2)C1=O. The van der Waals surface area contributed by atoms with E-state index in [2.05, 4.69) is 32.2 Å². The first-order valence-corrected chi connectivity index (χ1v) is 7.79. The highest BCUT2D eigenvalue weighted by Crippen LogP contribution is 2.23. The lowest BCUT2D eigenvalue weighted by molar-refractivity contribution is -0.127. The number of ether oxygens (including phenoxy) is 1. The Bertz CT molecular complexity index is 569. The Labute approximate surface area is 131 Å². The standard InChI is InChI=1S/C17H24N2O3/c1-5-15-16(20)19(17(21)18-15)8-9-22-13-6-7-14(11(2)3)12(4)10-13/h6-7,10-11,15H,5,8-9H2,1-4H3,(H,18,21)/t15-/m0/s1. The summed E-state index contributed by atoms with van der Waals surface area (Å²) in [5.74, 6) is 1.08. The van der Waals surface area contributed by atoms with Crippen molar-refractivity contribution in [2.45, 2.75) is 46.1 Å². The number of rotatable bonds is 6. The van der Waals surface area contributed by atoms with Gasteiger partial charge >= 0.3 is 6.03 Å². The predicted molar refractivity (Wildman–Crippen MR) is 85.1 cm³/mol. The fraction of sp³-hybridized carbons (Fsp3) is 0.529. The van der Waals surface area contributed by atoms with E-state index >= 15 is 0 Å². The van der Waals surface area contributed by atoms with E-state index in [9.17, 15) is 9.59 Å². The molecule has 120 valence electrons. The van der Waals surface area contributed by atoms with Crippen LogP contribution in [0.3, 0.4) is 0 Å². The number of carbonyl (C=O) groups excluding carboxylic acids is 2. The van der Waals surface area contributed by atoms with E-state index in [0.717, 1.165) is 5.75 Å². The third-order valence-corrected chi connectivity index (χ3v) is 3.96. The van der Waals surface area contributed by atoms with Crippen LogP contribution < -0.4 is 10.1 Å². The molecule has 1 aromatic rings. The Morgan fingerprint density at radius 2 is 2.05 bits per heavy atom. The normalized spacial score (nSPS) is 18.0. The van der Waals surface area contributed by atoms with Crippen molar-refractivity contribution in [2.24, 2.45) is 0 Å². The molecule has 0 bridgehead atoms. The van der Waals surface area contributed by atoms with Gasteiger partial charge in [-0.05, 0) is 42.5 Å². The fourth-order valence-electron chi connectivity index (χ4n) is 2.71. The molecule has 1 fully saturated rings. The van der Waals surface area contributed by atoms with Crippen LogP contribution in [0.5, 0.6) is 5.75 Å². The highest BCUT2D eigenvalue weighted by atomic mass is 16.5. The van der Waals surface area contributed by atoms with Crippen LogP contribution in [0, 0.1) is 6.92 Å². The molecule has 1 aromatic carbocycles. The van der Waals surface area contributed by atoms with Crippen LogP contribution in [0.4, 0.5) is 4.79 Å². The smallest absolute Gasteiger partial charge is 0.324 e. The van der Waals surface area contributed by atoms with Crippen LogP contribution in [0.1, 0.15) is 44.2 Å². The Morgan fingerprint density at radius 3 is 2.59 bits per heavy atom. The Hall–Kier alpha value is -2.04. The van der Waals surface area contributed by atoms with Gasteiger partial charge in [-0.25, -0.2) is 4.79 Å². The second kappa shape index (κ2) is 6.81. The van der Waals surface area contributed by atoms with E-state index in [1.165, 1.54) is 16.0 Å². The number of hydrogen-bond donors (Lipinski definition) is 1. The third kappa shape index (κ3) is 3.40. The molecule has 1 heterocycles. The lowest BCUT2D eigenvalue weighted by Gasteiger charge is -2.15. The summed E-state index contributed by atoms with van der Waals surface area (Å²) in [6, 6.07) is 5.28. The van der Waals surface area contributed by atoms with Gasteiger partial charge in [-0.2, -0.15) is 0 Å². The molecule has 1 N–H and O–H groups in total. The third-order valence-electron chi connectivity index (χ3n) is 3.96. The summed E-state index contributed by atoms with van der Waals surface area (Å²) in [6.07, 6.45) is 0.609. The number of carbonyl (C=O) groups is 2. The zero-order valence-electron chi connectivity index (χ0n) is 13.7. The average Bonchev–Trinajstić information content (AvgIpc) is 2.74. The van der Waals surface area contributed by atoms with Crippen molar-refractivity contribution < 1.29 is 14.3 Å². The molecular weight excluding hydrogens is 280 g/mol. The van der Waals surface area contributed by atoms with Gasteiger partial charge in [0.25, 0.3) is 5.91 Å². The molecule has 0 saturated carbocycles. The molecule has 0 aromatic heterocycles. The molecule has 0 aliphatic carbocycles. The summed E-state index contributed by atoms with van der Waals surface area (Å²) in [6.45, 7) is 8.82. The number of amides is 3. The van der Waals surface area contributed by atoms with E-state index < -0.39 is 0 Å². The summed E-state index contributed by atoms with van der Waals surface area (Å²) in [4.78, 5) is 24.9. The molecule has 0 radical (unpaired) electrons. The lowest BCUT2D eigenvalue weighted by atomic mass is 9.98. The van der Waals surface area contributed by atoms with Gasteiger partial charge in [-0.1, -0.05) is 26.8 Å². The molecule has 3 amide bonds. The summed E-state index contributed by atoms with van der Waals surface area (Å²) in [7, 11) is 0. The van der Waals surface area contributed by atoms with Crippen molar-refractivity contribution in [3.63, 3.8) is 0 Å². The van der Waals surface area contributed by atoms with E-state index in [4.69, 9.17) is 4.74 Å². The highest BCUT2D eigenvalue weighted by Gasteiger charge is 2.36. The van der Waals surface area contributed by atoms with E-state index in [1.807, 2.05) is 19.1 Å². The maximum absolute atomic E-state index is 12.0. The van der Waals surface area contributed by atoms with Crippen molar-refractivity contribution in [1.29, 1.82) is 0 Å². The van der Waals surface area contributed by atoms with Crippen molar-refractivity contribution >= 4 is 11.9 Å². The second-order valence-corrected chi connectivity index (χ2v) is 5.92. The van der Waals surface area contributed by atoms with Crippen LogP contribution in [-0.4, -0.2) is 36.0 Å².